The highest BCUT2D eigenvalue weighted by molar-refractivity contribution is 5.94. The fourth-order valence-electron chi connectivity index (χ4n) is 2.61. The quantitative estimate of drug-likeness (QED) is 0.787. The molecule has 3 rings (SSSR count). The first-order valence-corrected chi connectivity index (χ1v) is 7.06. The predicted molar refractivity (Wildman–Crippen MR) is 78.9 cm³/mol. The summed E-state index contributed by atoms with van der Waals surface area (Å²) < 4.78 is 0. The van der Waals surface area contributed by atoms with Gasteiger partial charge in [-0.3, -0.25) is 4.79 Å². The van der Waals surface area contributed by atoms with Gasteiger partial charge in [-0.1, -0.05) is 44.2 Å². The van der Waals surface area contributed by atoms with E-state index in [0.29, 0.717) is 18.1 Å². The van der Waals surface area contributed by atoms with Crippen LogP contribution in [0.5, 0.6) is 0 Å². The van der Waals surface area contributed by atoms with Gasteiger partial charge in [-0.2, -0.15) is 0 Å². The van der Waals surface area contributed by atoms with Crippen molar-refractivity contribution in [2.24, 2.45) is 5.41 Å². The Morgan fingerprint density at radius 1 is 1.29 bits per heavy atom. The monoisotopic (exact) mass is 285 g/mol. The molecule has 2 heterocycles. The van der Waals surface area contributed by atoms with Crippen LogP contribution in [0.25, 0.3) is 0 Å². The standard InChI is InChI=1S/C16H19N3O2/c1-16(2)8-11-12(15(21)17-9-16)19-14(18-11)13(20)10-6-4-3-5-7-10/h3-7,13,20H,8-9H2,1-2H3,(H,17,21)(H,18,19)/t13-/m0/s1. The highest BCUT2D eigenvalue weighted by Crippen LogP contribution is 2.27. The molecule has 0 saturated heterocycles. The molecular weight excluding hydrogens is 266 g/mol. The Bertz CT molecular complexity index is 661. The summed E-state index contributed by atoms with van der Waals surface area (Å²) in [5.74, 6) is 0.234. The number of amides is 1. The number of aromatic nitrogens is 2. The molecule has 1 amide bonds. The normalized spacial score (nSPS) is 18.5. The van der Waals surface area contributed by atoms with Gasteiger partial charge in [0, 0.05) is 12.2 Å². The number of hydrogen-bond acceptors (Lipinski definition) is 3. The largest absolute Gasteiger partial charge is 0.380 e. The topological polar surface area (TPSA) is 78.0 Å². The first-order valence-electron chi connectivity index (χ1n) is 7.06. The van der Waals surface area contributed by atoms with Gasteiger partial charge in [0.1, 0.15) is 17.6 Å². The zero-order valence-electron chi connectivity index (χ0n) is 12.2. The van der Waals surface area contributed by atoms with Crippen LogP contribution in [-0.2, 0) is 6.42 Å². The number of aromatic amines is 1. The molecule has 0 saturated carbocycles. The van der Waals surface area contributed by atoms with Crippen molar-refractivity contribution in [3.8, 4) is 0 Å². The zero-order chi connectivity index (χ0) is 15.0. The fourth-order valence-corrected chi connectivity index (χ4v) is 2.61. The molecule has 1 aromatic heterocycles. The molecule has 5 nitrogen and oxygen atoms in total. The molecule has 0 unspecified atom stereocenters. The van der Waals surface area contributed by atoms with E-state index in [1.165, 1.54) is 0 Å². The Labute approximate surface area is 123 Å². The first-order chi connectivity index (χ1) is 9.96. The molecule has 1 aliphatic rings. The maximum atomic E-state index is 12.1. The number of aliphatic hydroxyl groups is 1. The van der Waals surface area contributed by atoms with Crippen molar-refractivity contribution in [2.45, 2.75) is 26.4 Å². The summed E-state index contributed by atoms with van der Waals surface area (Å²) >= 11 is 0. The molecule has 2 aromatic rings. The van der Waals surface area contributed by atoms with Crippen LogP contribution in [0.1, 0.15) is 47.5 Å². The molecule has 1 aliphatic heterocycles. The summed E-state index contributed by atoms with van der Waals surface area (Å²) in [7, 11) is 0. The maximum Gasteiger partial charge on any atom is 0.271 e. The van der Waals surface area contributed by atoms with Crippen LogP contribution in [0.4, 0.5) is 0 Å². The van der Waals surface area contributed by atoms with Gasteiger partial charge >= 0.3 is 0 Å². The summed E-state index contributed by atoms with van der Waals surface area (Å²) in [4.78, 5) is 19.5. The van der Waals surface area contributed by atoms with E-state index in [1.54, 1.807) is 0 Å². The third-order valence-corrected chi connectivity index (χ3v) is 3.77. The Balaban J connectivity index is 1.97. The van der Waals surface area contributed by atoms with E-state index in [2.05, 4.69) is 29.1 Å². The van der Waals surface area contributed by atoms with Gasteiger partial charge in [0.25, 0.3) is 5.91 Å². The minimum atomic E-state index is -0.853. The van der Waals surface area contributed by atoms with Crippen molar-refractivity contribution in [1.82, 2.24) is 15.3 Å². The third-order valence-electron chi connectivity index (χ3n) is 3.77. The molecule has 0 radical (unpaired) electrons. The Hall–Kier alpha value is -2.14. The van der Waals surface area contributed by atoms with Crippen LogP contribution in [0.15, 0.2) is 30.3 Å². The summed E-state index contributed by atoms with van der Waals surface area (Å²) in [6.45, 7) is 4.81. The number of H-pyrrole nitrogens is 1. The number of carbonyl (C=O) groups is 1. The van der Waals surface area contributed by atoms with E-state index in [-0.39, 0.29) is 11.3 Å². The molecule has 1 aromatic carbocycles. The highest BCUT2D eigenvalue weighted by atomic mass is 16.3. The van der Waals surface area contributed by atoms with Crippen LogP contribution < -0.4 is 5.32 Å². The number of imidazole rings is 1. The molecule has 3 N–H and O–H groups in total. The van der Waals surface area contributed by atoms with Gasteiger partial charge in [-0.25, -0.2) is 4.98 Å². The Morgan fingerprint density at radius 2 is 2.00 bits per heavy atom. The fraction of sp³-hybridized carbons (Fsp3) is 0.375. The summed E-state index contributed by atoms with van der Waals surface area (Å²) in [5.41, 5.74) is 1.90. The van der Waals surface area contributed by atoms with Crippen molar-refractivity contribution in [1.29, 1.82) is 0 Å². The minimum absolute atomic E-state index is 0.0393. The molecule has 1 atom stereocenters. The lowest BCUT2D eigenvalue weighted by Gasteiger charge is -2.21. The molecule has 5 heteroatoms. The lowest BCUT2D eigenvalue weighted by atomic mass is 9.88. The van der Waals surface area contributed by atoms with Crippen LogP contribution >= 0.6 is 0 Å². The summed E-state index contributed by atoms with van der Waals surface area (Å²) in [6, 6.07) is 9.29. The number of carbonyl (C=O) groups excluding carboxylic acids is 1. The minimum Gasteiger partial charge on any atom is -0.380 e. The highest BCUT2D eigenvalue weighted by Gasteiger charge is 2.30. The molecule has 21 heavy (non-hydrogen) atoms. The van der Waals surface area contributed by atoms with Crippen molar-refractivity contribution in [3.63, 3.8) is 0 Å². The van der Waals surface area contributed by atoms with Gasteiger partial charge in [0.15, 0.2) is 0 Å². The number of aliphatic hydroxyl groups excluding tert-OH is 1. The molecule has 110 valence electrons. The van der Waals surface area contributed by atoms with Gasteiger partial charge in [0.05, 0.1) is 0 Å². The predicted octanol–water partition coefficient (Wildman–Crippen LogP) is 1.80. The zero-order valence-corrected chi connectivity index (χ0v) is 12.2. The van der Waals surface area contributed by atoms with Crippen LogP contribution in [0, 0.1) is 5.41 Å². The van der Waals surface area contributed by atoms with Crippen LogP contribution in [0.3, 0.4) is 0 Å². The molecule has 0 fully saturated rings. The summed E-state index contributed by atoms with van der Waals surface area (Å²) in [6.07, 6.45) is -0.135. The maximum absolute atomic E-state index is 12.1. The number of nitrogens with zero attached hydrogens (tertiary/aromatic N) is 1. The van der Waals surface area contributed by atoms with Crippen molar-refractivity contribution in [3.05, 3.63) is 53.1 Å². The second-order valence-corrected chi connectivity index (χ2v) is 6.29. The lowest BCUT2D eigenvalue weighted by Crippen LogP contribution is -2.32. The van der Waals surface area contributed by atoms with Gasteiger partial charge < -0.3 is 15.4 Å². The van der Waals surface area contributed by atoms with E-state index >= 15 is 0 Å². The van der Waals surface area contributed by atoms with Gasteiger partial charge in [-0.15, -0.1) is 0 Å². The second-order valence-electron chi connectivity index (χ2n) is 6.29. The van der Waals surface area contributed by atoms with E-state index in [4.69, 9.17) is 0 Å². The number of nitrogens with one attached hydrogen (secondary N) is 2. The van der Waals surface area contributed by atoms with Gasteiger partial charge in [-0.05, 0) is 17.4 Å². The van der Waals surface area contributed by atoms with E-state index < -0.39 is 6.10 Å². The average molecular weight is 285 g/mol. The SMILES string of the molecule is CC1(C)CNC(=O)c2nc([C@@H](O)c3ccccc3)[nH]c2C1. The smallest absolute Gasteiger partial charge is 0.271 e. The van der Waals surface area contributed by atoms with E-state index in [9.17, 15) is 9.90 Å². The molecule has 0 bridgehead atoms. The Kier molecular flexibility index (Phi) is 3.29. The van der Waals surface area contributed by atoms with Crippen LogP contribution in [-0.4, -0.2) is 27.5 Å². The van der Waals surface area contributed by atoms with Crippen molar-refractivity contribution >= 4 is 5.91 Å². The van der Waals surface area contributed by atoms with Crippen LogP contribution in [0.2, 0.25) is 0 Å². The van der Waals surface area contributed by atoms with Crippen molar-refractivity contribution < 1.29 is 9.90 Å². The van der Waals surface area contributed by atoms with E-state index in [0.717, 1.165) is 17.7 Å². The first kappa shape index (κ1) is 13.8. The molecular formula is C16H19N3O2. The lowest BCUT2D eigenvalue weighted by molar-refractivity contribution is 0.0940. The van der Waals surface area contributed by atoms with Gasteiger partial charge in [0.2, 0.25) is 0 Å². The van der Waals surface area contributed by atoms with Crippen molar-refractivity contribution in [2.75, 3.05) is 6.54 Å². The number of hydrogen-bond donors (Lipinski definition) is 3. The Morgan fingerprint density at radius 3 is 2.71 bits per heavy atom. The number of fused-ring (bicyclic) bond motifs is 1. The number of rotatable bonds is 2. The molecule has 0 aliphatic carbocycles. The average Bonchev–Trinajstić information content (AvgIpc) is 2.84. The molecule has 0 spiro atoms. The number of benzene rings is 1. The third kappa shape index (κ3) is 2.69. The second kappa shape index (κ2) is 5.00. The van der Waals surface area contributed by atoms with E-state index in [1.807, 2.05) is 30.3 Å². The summed E-state index contributed by atoms with van der Waals surface area (Å²) in [5, 5.41) is 13.3.